The number of fused-ring (bicyclic) bond motifs is 1. The summed E-state index contributed by atoms with van der Waals surface area (Å²) >= 11 is 0. The summed E-state index contributed by atoms with van der Waals surface area (Å²) in [5, 5.41) is 0. The van der Waals surface area contributed by atoms with Gasteiger partial charge in [0, 0.05) is 12.6 Å². The Balaban J connectivity index is 1.89. The Morgan fingerprint density at radius 2 is 1.88 bits per heavy atom. The second-order valence-electron chi connectivity index (χ2n) is 6.10. The molecule has 2 aromatic carbocycles. The first-order valence-electron chi connectivity index (χ1n) is 7.90. The van der Waals surface area contributed by atoms with E-state index in [2.05, 4.69) is 0 Å². The predicted molar refractivity (Wildman–Crippen MR) is 85.7 cm³/mol. The standard InChI is InChI=1S/C19H18F3NO/c1-23(17-11-5-7-13-6-2-3-10-16(13)17)18(24)14-8-4-9-15(12-14)19(20,21)22/h2-4,6,8-10,12,17H,5,7,11H2,1H3/t17-/m1/s1. The van der Waals surface area contributed by atoms with E-state index in [1.54, 1.807) is 11.9 Å². The van der Waals surface area contributed by atoms with Crippen LogP contribution >= 0.6 is 0 Å². The fourth-order valence-electron chi connectivity index (χ4n) is 3.30. The molecular formula is C19H18F3NO. The summed E-state index contributed by atoms with van der Waals surface area (Å²) in [6, 6.07) is 12.5. The van der Waals surface area contributed by atoms with Gasteiger partial charge in [-0.25, -0.2) is 0 Å². The van der Waals surface area contributed by atoms with Crippen molar-refractivity contribution in [3.8, 4) is 0 Å². The Hall–Kier alpha value is -2.30. The third-order valence-corrected chi connectivity index (χ3v) is 4.56. The average molecular weight is 333 g/mol. The van der Waals surface area contributed by atoms with Gasteiger partial charge in [-0.15, -0.1) is 0 Å². The fourth-order valence-corrected chi connectivity index (χ4v) is 3.30. The normalized spacial score (nSPS) is 17.2. The molecule has 1 aliphatic rings. The summed E-state index contributed by atoms with van der Waals surface area (Å²) in [6.07, 6.45) is -1.70. The van der Waals surface area contributed by atoms with Crippen molar-refractivity contribution >= 4 is 5.91 Å². The molecule has 0 heterocycles. The number of amides is 1. The van der Waals surface area contributed by atoms with Crippen LogP contribution in [0.15, 0.2) is 48.5 Å². The van der Waals surface area contributed by atoms with E-state index in [-0.39, 0.29) is 17.5 Å². The Morgan fingerprint density at radius 3 is 2.62 bits per heavy atom. The number of nitrogens with zero attached hydrogens (tertiary/aromatic N) is 1. The van der Waals surface area contributed by atoms with Gasteiger partial charge in [-0.3, -0.25) is 4.79 Å². The van der Waals surface area contributed by atoms with E-state index in [4.69, 9.17) is 0 Å². The second kappa shape index (κ2) is 6.30. The van der Waals surface area contributed by atoms with Crippen molar-refractivity contribution in [3.05, 3.63) is 70.8 Å². The molecule has 0 aromatic heterocycles. The molecule has 0 fully saturated rings. The van der Waals surface area contributed by atoms with E-state index in [0.717, 1.165) is 37.0 Å². The number of carbonyl (C=O) groups excluding carboxylic acids is 1. The first-order chi connectivity index (χ1) is 11.4. The highest BCUT2D eigenvalue weighted by Crippen LogP contribution is 2.35. The molecule has 0 saturated heterocycles. The number of halogens is 3. The lowest BCUT2D eigenvalue weighted by atomic mass is 9.87. The van der Waals surface area contributed by atoms with Crippen LogP contribution in [0, 0.1) is 0 Å². The van der Waals surface area contributed by atoms with Gasteiger partial charge in [0.2, 0.25) is 0 Å². The van der Waals surface area contributed by atoms with Crippen molar-refractivity contribution in [2.45, 2.75) is 31.5 Å². The van der Waals surface area contributed by atoms with Gasteiger partial charge < -0.3 is 4.90 Å². The summed E-state index contributed by atoms with van der Waals surface area (Å²) in [7, 11) is 1.66. The number of benzene rings is 2. The number of hydrogen-bond donors (Lipinski definition) is 0. The van der Waals surface area contributed by atoms with Crippen LogP contribution in [-0.4, -0.2) is 17.9 Å². The van der Waals surface area contributed by atoms with Gasteiger partial charge in [-0.1, -0.05) is 30.3 Å². The molecule has 126 valence electrons. The van der Waals surface area contributed by atoms with Gasteiger partial charge in [0.1, 0.15) is 0 Å². The summed E-state index contributed by atoms with van der Waals surface area (Å²) in [5.41, 5.74) is 1.56. The van der Waals surface area contributed by atoms with E-state index in [1.807, 2.05) is 24.3 Å². The largest absolute Gasteiger partial charge is 0.416 e. The molecule has 0 unspecified atom stereocenters. The lowest BCUT2D eigenvalue weighted by molar-refractivity contribution is -0.137. The Kier molecular flexibility index (Phi) is 4.35. The highest BCUT2D eigenvalue weighted by Gasteiger charge is 2.32. The van der Waals surface area contributed by atoms with Gasteiger partial charge in [0.05, 0.1) is 11.6 Å². The third kappa shape index (κ3) is 3.16. The highest BCUT2D eigenvalue weighted by atomic mass is 19.4. The van der Waals surface area contributed by atoms with E-state index in [0.29, 0.717) is 0 Å². The van der Waals surface area contributed by atoms with Crippen LogP contribution in [0.3, 0.4) is 0 Å². The monoisotopic (exact) mass is 333 g/mol. The maximum Gasteiger partial charge on any atom is 0.416 e. The molecule has 0 N–H and O–H groups in total. The minimum absolute atomic E-state index is 0.0652. The summed E-state index contributed by atoms with van der Waals surface area (Å²) < 4.78 is 38.6. The first-order valence-corrected chi connectivity index (χ1v) is 7.90. The molecule has 1 amide bonds. The smallest absolute Gasteiger partial charge is 0.335 e. The number of aryl methyl sites for hydroxylation is 1. The van der Waals surface area contributed by atoms with Crippen LogP contribution in [0.1, 0.15) is 45.9 Å². The number of alkyl halides is 3. The molecular weight excluding hydrogens is 315 g/mol. The second-order valence-corrected chi connectivity index (χ2v) is 6.10. The molecule has 5 heteroatoms. The van der Waals surface area contributed by atoms with Crippen LogP contribution in [-0.2, 0) is 12.6 Å². The van der Waals surface area contributed by atoms with Crippen LogP contribution < -0.4 is 0 Å². The third-order valence-electron chi connectivity index (χ3n) is 4.56. The molecule has 0 saturated carbocycles. The topological polar surface area (TPSA) is 20.3 Å². The fraction of sp³-hybridized carbons (Fsp3) is 0.316. The molecule has 1 aliphatic carbocycles. The van der Waals surface area contributed by atoms with Crippen molar-refractivity contribution in [1.82, 2.24) is 4.90 Å². The molecule has 1 atom stereocenters. The molecule has 2 nitrogen and oxygen atoms in total. The van der Waals surface area contributed by atoms with Crippen LogP contribution in [0.2, 0.25) is 0 Å². The van der Waals surface area contributed by atoms with Crippen LogP contribution in [0.25, 0.3) is 0 Å². The van der Waals surface area contributed by atoms with Crippen molar-refractivity contribution in [1.29, 1.82) is 0 Å². The Labute approximate surface area is 138 Å². The van der Waals surface area contributed by atoms with Gasteiger partial charge in [-0.2, -0.15) is 13.2 Å². The van der Waals surface area contributed by atoms with Gasteiger partial charge in [-0.05, 0) is 48.6 Å². The maximum absolute atomic E-state index is 12.9. The number of carbonyl (C=O) groups is 1. The zero-order valence-electron chi connectivity index (χ0n) is 13.3. The molecule has 0 radical (unpaired) electrons. The zero-order chi connectivity index (χ0) is 17.3. The molecule has 0 bridgehead atoms. The Morgan fingerprint density at radius 1 is 1.12 bits per heavy atom. The van der Waals surface area contributed by atoms with E-state index in [9.17, 15) is 18.0 Å². The summed E-state index contributed by atoms with van der Waals surface area (Å²) in [4.78, 5) is 14.3. The van der Waals surface area contributed by atoms with Crippen LogP contribution in [0.5, 0.6) is 0 Å². The molecule has 24 heavy (non-hydrogen) atoms. The van der Waals surface area contributed by atoms with Gasteiger partial charge in [0.25, 0.3) is 5.91 Å². The molecule has 0 spiro atoms. The lowest BCUT2D eigenvalue weighted by Gasteiger charge is -2.33. The van der Waals surface area contributed by atoms with Crippen molar-refractivity contribution in [2.75, 3.05) is 7.05 Å². The van der Waals surface area contributed by atoms with E-state index in [1.165, 1.54) is 17.7 Å². The number of hydrogen-bond acceptors (Lipinski definition) is 1. The van der Waals surface area contributed by atoms with Crippen molar-refractivity contribution in [3.63, 3.8) is 0 Å². The van der Waals surface area contributed by atoms with E-state index < -0.39 is 11.7 Å². The van der Waals surface area contributed by atoms with Crippen LogP contribution in [0.4, 0.5) is 13.2 Å². The van der Waals surface area contributed by atoms with Crippen molar-refractivity contribution < 1.29 is 18.0 Å². The Bertz CT molecular complexity index is 754. The first kappa shape index (κ1) is 16.6. The predicted octanol–water partition coefficient (Wildman–Crippen LogP) is 4.86. The quantitative estimate of drug-likeness (QED) is 0.769. The SMILES string of the molecule is CN(C(=O)c1cccc(C(F)(F)F)c1)[C@@H]1CCCc2ccccc21. The number of rotatable bonds is 2. The molecule has 2 aromatic rings. The maximum atomic E-state index is 12.9. The minimum Gasteiger partial charge on any atom is -0.335 e. The molecule has 0 aliphatic heterocycles. The average Bonchev–Trinajstić information content (AvgIpc) is 2.59. The lowest BCUT2D eigenvalue weighted by Crippen LogP contribution is -2.33. The minimum atomic E-state index is -4.45. The van der Waals surface area contributed by atoms with Crippen molar-refractivity contribution in [2.24, 2.45) is 0 Å². The summed E-state index contributed by atoms with van der Waals surface area (Å²) in [5.74, 6) is -0.386. The molecule has 3 rings (SSSR count). The summed E-state index contributed by atoms with van der Waals surface area (Å²) in [6.45, 7) is 0. The van der Waals surface area contributed by atoms with Gasteiger partial charge >= 0.3 is 6.18 Å². The highest BCUT2D eigenvalue weighted by molar-refractivity contribution is 5.94. The zero-order valence-corrected chi connectivity index (χ0v) is 13.3. The van der Waals surface area contributed by atoms with Gasteiger partial charge in [0.15, 0.2) is 0 Å². The van der Waals surface area contributed by atoms with E-state index >= 15 is 0 Å².